The Balaban J connectivity index is 1.46. The Hall–Kier alpha value is -4.13. The van der Waals surface area contributed by atoms with Gasteiger partial charge in [0, 0.05) is 32.1 Å². The Morgan fingerprint density at radius 2 is 1.91 bits per heavy atom. The van der Waals surface area contributed by atoms with Crippen LogP contribution in [0.2, 0.25) is 0 Å². The van der Waals surface area contributed by atoms with E-state index in [2.05, 4.69) is 122 Å². The second kappa shape index (κ2) is 14.9. The van der Waals surface area contributed by atoms with Crippen molar-refractivity contribution in [1.82, 2.24) is 20.8 Å². The predicted molar refractivity (Wildman–Crippen MR) is 188 cm³/mol. The highest BCUT2D eigenvalue weighted by Crippen LogP contribution is 2.34. The molecule has 0 bridgehead atoms. The number of thiophene rings is 1. The average Bonchev–Trinajstić information content (AvgIpc) is 3.60. The van der Waals surface area contributed by atoms with Crippen molar-refractivity contribution in [2.75, 3.05) is 18.4 Å². The first-order valence-electron chi connectivity index (χ1n) is 14.9. The van der Waals surface area contributed by atoms with E-state index in [1.54, 1.807) is 11.3 Å². The fourth-order valence-corrected chi connectivity index (χ4v) is 6.29. The molecule has 1 fully saturated rings. The number of aromatic amines is 1. The van der Waals surface area contributed by atoms with Crippen LogP contribution >= 0.6 is 11.3 Å². The number of rotatable bonds is 12. The molecule has 0 saturated carbocycles. The molecule has 0 spiro atoms. The standard InChI is InChI=1S/C37H45N5S/c1-9-31(23-32(10-2)39-25(4)22-30-18-20-38-21-19-30)24(3)14-16-35-28(7)37(42-41-35)29(8)40-34-13-11-12-33(27(34)6)36-17-15-26(5)43-36/h9-17,23,30,38-41H,2,4,7-8,18-22H2,1,3,5-6H3/b24-14+,31-9+,32-23+,35-16+. The van der Waals surface area contributed by atoms with Gasteiger partial charge >= 0.3 is 0 Å². The molecule has 6 heteroatoms. The van der Waals surface area contributed by atoms with E-state index in [0.29, 0.717) is 17.3 Å². The van der Waals surface area contributed by atoms with E-state index in [1.165, 1.54) is 33.7 Å². The summed E-state index contributed by atoms with van der Waals surface area (Å²) in [5.41, 5.74) is 9.00. The number of allylic oxidation sites excluding steroid dienone is 7. The van der Waals surface area contributed by atoms with Gasteiger partial charge in [-0.15, -0.1) is 11.3 Å². The highest BCUT2D eigenvalue weighted by Gasteiger charge is 2.14. The van der Waals surface area contributed by atoms with Gasteiger partial charge in [0.05, 0.1) is 11.0 Å². The third-order valence-corrected chi connectivity index (χ3v) is 8.96. The first kappa shape index (κ1) is 31.8. The van der Waals surface area contributed by atoms with Crippen molar-refractivity contribution in [2.45, 2.75) is 47.0 Å². The zero-order chi connectivity index (χ0) is 30.9. The van der Waals surface area contributed by atoms with Crippen LogP contribution in [0.25, 0.3) is 28.8 Å². The SMILES string of the molecule is C=C\C(=C/C(=C\C)C(/C)=C/C=c1/[nH]nc(C(=C)Nc2cccc(-c3ccc(C)s3)c2C)c1=C)NC(=C)CC1CCNCC1. The van der Waals surface area contributed by atoms with E-state index in [4.69, 9.17) is 0 Å². The van der Waals surface area contributed by atoms with Crippen molar-refractivity contribution in [3.8, 4) is 10.4 Å². The van der Waals surface area contributed by atoms with Crippen molar-refractivity contribution < 1.29 is 0 Å². The van der Waals surface area contributed by atoms with Gasteiger partial charge in [-0.05, 0) is 125 Å². The summed E-state index contributed by atoms with van der Waals surface area (Å²) in [6.45, 7) is 27.5. The molecule has 0 aliphatic carbocycles. The van der Waals surface area contributed by atoms with Crippen LogP contribution in [-0.2, 0) is 0 Å². The van der Waals surface area contributed by atoms with Crippen LogP contribution in [0.3, 0.4) is 0 Å². The molecule has 224 valence electrons. The minimum atomic E-state index is 0.678. The second-order valence-corrected chi connectivity index (χ2v) is 12.4. The van der Waals surface area contributed by atoms with Crippen LogP contribution in [0, 0.1) is 19.8 Å². The molecule has 5 nitrogen and oxygen atoms in total. The van der Waals surface area contributed by atoms with Gasteiger partial charge in [0.1, 0.15) is 5.69 Å². The van der Waals surface area contributed by atoms with Crippen molar-refractivity contribution in [2.24, 2.45) is 5.92 Å². The predicted octanol–water partition coefficient (Wildman–Crippen LogP) is 7.48. The Morgan fingerprint density at radius 1 is 1.14 bits per heavy atom. The maximum atomic E-state index is 4.54. The molecular formula is C37H45N5S. The fourth-order valence-electron chi connectivity index (χ4n) is 5.34. The number of piperidine rings is 1. The van der Waals surface area contributed by atoms with Gasteiger partial charge in [0.2, 0.25) is 0 Å². The molecule has 1 saturated heterocycles. The molecule has 0 atom stereocenters. The number of anilines is 1. The first-order chi connectivity index (χ1) is 20.7. The maximum absolute atomic E-state index is 4.54. The number of nitrogens with one attached hydrogen (secondary N) is 4. The molecule has 0 amide bonds. The number of benzene rings is 1. The van der Waals surface area contributed by atoms with E-state index < -0.39 is 0 Å². The number of aromatic nitrogens is 2. The lowest BCUT2D eigenvalue weighted by Crippen LogP contribution is -2.28. The number of hydrogen-bond acceptors (Lipinski definition) is 5. The zero-order valence-electron chi connectivity index (χ0n) is 26.1. The summed E-state index contributed by atoms with van der Waals surface area (Å²) in [6.07, 6.45) is 13.5. The molecule has 43 heavy (non-hydrogen) atoms. The summed E-state index contributed by atoms with van der Waals surface area (Å²) in [5, 5.41) is 19.7. The van der Waals surface area contributed by atoms with Crippen molar-refractivity contribution >= 4 is 35.4 Å². The zero-order valence-corrected chi connectivity index (χ0v) is 26.9. The Labute approximate surface area is 260 Å². The van der Waals surface area contributed by atoms with Crippen LogP contribution in [0.15, 0.2) is 96.9 Å². The molecular weight excluding hydrogens is 547 g/mol. The molecule has 1 aromatic carbocycles. The third-order valence-electron chi connectivity index (χ3n) is 7.92. The summed E-state index contributed by atoms with van der Waals surface area (Å²) in [7, 11) is 0. The van der Waals surface area contributed by atoms with Crippen LogP contribution < -0.4 is 26.5 Å². The minimum Gasteiger partial charge on any atom is -0.359 e. The monoisotopic (exact) mass is 591 g/mol. The van der Waals surface area contributed by atoms with Gasteiger partial charge in [-0.25, -0.2) is 0 Å². The quantitative estimate of drug-likeness (QED) is 0.165. The summed E-state index contributed by atoms with van der Waals surface area (Å²) < 4.78 is 0. The smallest absolute Gasteiger partial charge is 0.115 e. The Kier molecular flexibility index (Phi) is 11.0. The highest BCUT2D eigenvalue weighted by atomic mass is 32.1. The Bertz CT molecular complexity index is 1690. The van der Waals surface area contributed by atoms with Gasteiger partial charge in [0.15, 0.2) is 0 Å². The summed E-state index contributed by atoms with van der Waals surface area (Å²) in [4.78, 5) is 2.56. The van der Waals surface area contributed by atoms with Crippen molar-refractivity contribution in [3.63, 3.8) is 0 Å². The van der Waals surface area contributed by atoms with Crippen LogP contribution in [0.4, 0.5) is 5.69 Å². The third kappa shape index (κ3) is 8.25. The molecule has 0 radical (unpaired) electrons. The maximum Gasteiger partial charge on any atom is 0.115 e. The van der Waals surface area contributed by atoms with E-state index in [0.717, 1.165) is 58.3 Å². The molecule has 0 unspecified atom stereocenters. The molecule has 3 heterocycles. The van der Waals surface area contributed by atoms with Gasteiger partial charge in [-0.1, -0.05) is 50.6 Å². The normalized spacial score (nSPS) is 15.4. The summed E-state index contributed by atoms with van der Waals surface area (Å²) in [5.74, 6) is 0.678. The van der Waals surface area contributed by atoms with Gasteiger partial charge < -0.3 is 16.0 Å². The Morgan fingerprint density at radius 3 is 2.58 bits per heavy atom. The van der Waals surface area contributed by atoms with Crippen LogP contribution in [0.5, 0.6) is 0 Å². The van der Waals surface area contributed by atoms with Gasteiger partial charge in [-0.3, -0.25) is 5.10 Å². The fraction of sp³-hybridized carbons (Fsp3) is 0.270. The lowest BCUT2D eigenvalue weighted by Gasteiger charge is -2.24. The number of H-pyrrole nitrogens is 1. The molecule has 1 aliphatic heterocycles. The highest BCUT2D eigenvalue weighted by molar-refractivity contribution is 7.15. The molecule has 4 N–H and O–H groups in total. The van der Waals surface area contributed by atoms with Crippen LogP contribution in [0.1, 0.15) is 49.2 Å². The molecule has 3 aromatic rings. The summed E-state index contributed by atoms with van der Waals surface area (Å²) >= 11 is 1.80. The van der Waals surface area contributed by atoms with E-state index >= 15 is 0 Å². The van der Waals surface area contributed by atoms with Crippen molar-refractivity contribution in [3.05, 3.63) is 124 Å². The first-order valence-corrected chi connectivity index (χ1v) is 15.7. The average molecular weight is 592 g/mol. The molecule has 4 rings (SSSR count). The topological polar surface area (TPSA) is 64.8 Å². The van der Waals surface area contributed by atoms with Crippen LogP contribution in [-0.4, -0.2) is 23.3 Å². The minimum absolute atomic E-state index is 0.678. The number of hydrogen-bond donors (Lipinski definition) is 4. The van der Waals surface area contributed by atoms with E-state index in [-0.39, 0.29) is 0 Å². The number of aryl methyl sites for hydroxylation is 1. The lowest BCUT2D eigenvalue weighted by atomic mass is 9.93. The second-order valence-electron chi connectivity index (χ2n) is 11.1. The molecule has 1 aliphatic rings. The molecule has 2 aromatic heterocycles. The lowest BCUT2D eigenvalue weighted by molar-refractivity contribution is 0.368. The van der Waals surface area contributed by atoms with Gasteiger partial charge in [0.25, 0.3) is 0 Å². The number of nitrogens with zero attached hydrogens (tertiary/aromatic N) is 1. The largest absolute Gasteiger partial charge is 0.359 e. The van der Waals surface area contributed by atoms with Crippen molar-refractivity contribution in [1.29, 1.82) is 0 Å². The van der Waals surface area contributed by atoms with Gasteiger partial charge in [-0.2, -0.15) is 5.10 Å². The summed E-state index contributed by atoms with van der Waals surface area (Å²) in [6, 6.07) is 10.6. The van der Waals surface area contributed by atoms with E-state index in [1.807, 2.05) is 19.1 Å². The van der Waals surface area contributed by atoms with E-state index in [9.17, 15) is 0 Å².